The molecule has 2 rings (SSSR count). The van der Waals surface area contributed by atoms with Crippen LogP contribution in [0.5, 0.6) is 0 Å². The maximum absolute atomic E-state index is 6.35. The summed E-state index contributed by atoms with van der Waals surface area (Å²) in [6.07, 6.45) is 5.47. The molecule has 0 aromatic rings. The molecule has 100 valence electrons. The van der Waals surface area contributed by atoms with Gasteiger partial charge in [0.05, 0.1) is 12.7 Å². The minimum absolute atomic E-state index is 0.361. The standard InChI is InChI=1S/C14H28N2O/c1-4-12-5-6-13(15)14(7-12)16-8-11(3)17-9-10(16)2/h10-14H,4-9,15H2,1-3H3. The van der Waals surface area contributed by atoms with E-state index in [1.807, 2.05) is 0 Å². The fraction of sp³-hybridized carbons (Fsp3) is 1.00. The Kier molecular flexibility index (Phi) is 4.45. The summed E-state index contributed by atoms with van der Waals surface area (Å²) >= 11 is 0. The summed E-state index contributed by atoms with van der Waals surface area (Å²) in [6.45, 7) is 8.67. The lowest BCUT2D eigenvalue weighted by Crippen LogP contribution is -2.59. The molecule has 0 aromatic heterocycles. The van der Waals surface area contributed by atoms with Gasteiger partial charge in [0.2, 0.25) is 0 Å². The molecule has 2 N–H and O–H groups in total. The van der Waals surface area contributed by atoms with Gasteiger partial charge in [-0.1, -0.05) is 13.3 Å². The Morgan fingerprint density at radius 2 is 2.06 bits per heavy atom. The predicted octanol–water partition coefficient (Wildman–Crippen LogP) is 2.00. The SMILES string of the molecule is CCC1CCC(N)C(N2CC(C)OCC2C)C1. The summed E-state index contributed by atoms with van der Waals surface area (Å²) in [6, 6.07) is 1.47. The lowest BCUT2D eigenvalue weighted by molar-refractivity contribution is -0.0774. The van der Waals surface area contributed by atoms with E-state index in [0.717, 1.165) is 19.1 Å². The molecule has 0 radical (unpaired) electrons. The van der Waals surface area contributed by atoms with Crippen LogP contribution in [0.25, 0.3) is 0 Å². The molecular weight excluding hydrogens is 212 g/mol. The van der Waals surface area contributed by atoms with E-state index in [-0.39, 0.29) is 0 Å². The average Bonchev–Trinajstić information content (AvgIpc) is 2.33. The van der Waals surface area contributed by atoms with Crippen LogP contribution in [0.1, 0.15) is 46.5 Å². The highest BCUT2D eigenvalue weighted by Gasteiger charge is 2.36. The molecule has 1 aliphatic heterocycles. The molecular formula is C14H28N2O. The van der Waals surface area contributed by atoms with Crippen molar-refractivity contribution in [3.63, 3.8) is 0 Å². The van der Waals surface area contributed by atoms with Gasteiger partial charge in [0.1, 0.15) is 0 Å². The highest BCUT2D eigenvalue weighted by molar-refractivity contribution is 4.92. The molecule has 0 aromatic carbocycles. The molecule has 1 heterocycles. The van der Waals surface area contributed by atoms with Crippen LogP contribution in [0.15, 0.2) is 0 Å². The maximum atomic E-state index is 6.35. The number of nitrogens with two attached hydrogens (primary N) is 1. The second-order valence-electron chi connectivity index (χ2n) is 6.01. The molecule has 3 heteroatoms. The number of rotatable bonds is 2. The zero-order valence-corrected chi connectivity index (χ0v) is 11.6. The van der Waals surface area contributed by atoms with Crippen LogP contribution in [0.3, 0.4) is 0 Å². The van der Waals surface area contributed by atoms with E-state index in [1.54, 1.807) is 0 Å². The molecule has 1 aliphatic carbocycles. The van der Waals surface area contributed by atoms with Crippen molar-refractivity contribution in [2.45, 2.75) is 70.7 Å². The van der Waals surface area contributed by atoms with Gasteiger partial charge >= 0.3 is 0 Å². The number of nitrogens with zero attached hydrogens (tertiary/aromatic N) is 1. The summed E-state index contributed by atoms with van der Waals surface area (Å²) in [7, 11) is 0. The van der Waals surface area contributed by atoms with E-state index in [4.69, 9.17) is 10.5 Å². The number of ether oxygens (including phenoxy) is 1. The van der Waals surface area contributed by atoms with E-state index < -0.39 is 0 Å². The van der Waals surface area contributed by atoms with Crippen molar-refractivity contribution in [3.8, 4) is 0 Å². The monoisotopic (exact) mass is 240 g/mol. The molecule has 0 amide bonds. The van der Waals surface area contributed by atoms with Gasteiger partial charge in [-0.2, -0.15) is 0 Å². The lowest BCUT2D eigenvalue weighted by atomic mass is 9.80. The van der Waals surface area contributed by atoms with E-state index in [0.29, 0.717) is 24.2 Å². The Labute approximate surface area is 106 Å². The zero-order valence-electron chi connectivity index (χ0n) is 11.6. The Balaban J connectivity index is 2.02. The lowest BCUT2D eigenvalue weighted by Gasteiger charge is -2.47. The van der Waals surface area contributed by atoms with Crippen LogP contribution in [0.4, 0.5) is 0 Å². The number of morpholine rings is 1. The second kappa shape index (κ2) is 5.68. The molecule has 1 saturated heterocycles. The van der Waals surface area contributed by atoms with Crippen LogP contribution in [-0.2, 0) is 4.74 Å². The molecule has 2 fully saturated rings. The third kappa shape index (κ3) is 3.01. The second-order valence-corrected chi connectivity index (χ2v) is 6.01. The van der Waals surface area contributed by atoms with Gasteiger partial charge in [0.25, 0.3) is 0 Å². The summed E-state index contributed by atoms with van der Waals surface area (Å²) in [5.41, 5.74) is 6.35. The van der Waals surface area contributed by atoms with Crippen molar-refractivity contribution in [2.75, 3.05) is 13.2 Å². The third-order valence-corrected chi connectivity index (χ3v) is 4.64. The predicted molar refractivity (Wildman–Crippen MR) is 71.0 cm³/mol. The normalized spacial score (nSPS) is 44.8. The Bertz CT molecular complexity index is 246. The molecule has 2 aliphatic rings. The number of hydrogen-bond acceptors (Lipinski definition) is 3. The van der Waals surface area contributed by atoms with Gasteiger partial charge in [0, 0.05) is 24.7 Å². The minimum atomic E-state index is 0.361. The highest BCUT2D eigenvalue weighted by Crippen LogP contribution is 2.31. The fourth-order valence-electron chi connectivity index (χ4n) is 3.40. The first-order valence-corrected chi connectivity index (χ1v) is 7.24. The summed E-state index contributed by atoms with van der Waals surface area (Å²) in [5.74, 6) is 0.880. The topological polar surface area (TPSA) is 38.5 Å². The summed E-state index contributed by atoms with van der Waals surface area (Å²) in [5, 5.41) is 0. The molecule has 5 atom stereocenters. The van der Waals surface area contributed by atoms with Gasteiger partial charge in [-0.15, -0.1) is 0 Å². The first-order valence-electron chi connectivity index (χ1n) is 7.24. The fourth-order valence-corrected chi connectivity index (χ4v) is 3.40. The van der Waals surface area contributed by atoms with E-state index in [2.05, 4.69) is 25.7 Å². The van der Waals surface area contributed by atoms with Crippen molar-refractivity contribution < 1.29 is 4.74 Å². The van der Waals surface area contributed by atoms with Crippen LogP contribution >= 0.6 is 0 Å². The first-order chi connectivity index (χ1) is 8.11. The van der Waals surface area contributed by atoms with Crippen LogP contribution < -0.4 is 5.73 Å². The van der Waals surface area contributed by atoms with E-state index in [1.165, 1.54) is 25.7 Å². The van der Waals surface area contributed by atoms with Crippen LogP contribution in [0.2, 0.25) is 0 Å². The Morgan fingerprint density at radius 1 is 1.29 bits per heavy atom. The summed E-state index contributed by atoms with van der Waals surface area (Å²) in [4.78, 5) is 2.61. The zero-order chi connectivity index (χ0) is 12.4. The van der Waals surface area contributed by atoms with E-state index in [9.17, 15) is 0 Å². The first kappa shape index (κ1) is 13.3. The Morgan fingerprint density at radius 3 is 2.76 bits per heavy atom. The van der Waals surface area contributed by atoms with Crippen molar-refractivity contribution >= 4 is 0 Å². The van der Waals surface area contributed by atoms with Gasteiger partial charge in [-0.3, -0.25) is 4.90 Å². The third-order valence-electron chi connectivity index (χ3n) is 4.64. The maximum Gasteiger partial charge on any atom is 0.0674 e. The molecule has 0 spiro atoms. The average molecular weight is 240 g/mol. The Hall–Kier alpha value is -0.120. The van der Waals surface area contributed by atoms with Crippen molar-refractivity contribution in [3.05, 3.63) is 0 Å². The summed E-state index contributed by atoms with van der Waals surface area (Å²) < 4.78 is 5.72. The molecule has 3 nitrogen and oxygen atoms in total. The van der Waals surface area contributed by atoms with Crippen molar-refractivity contribution in [1.82, 2.24) is 4.90 Å². The van der Waals surface area contributed by atoms with Gasteiger partial charge in [0.15, 0.2) is 0 Å². The molecule has 17 heavy (non-hydrogen) atoms. The van der Waals surface area contributed by atoms with Crippen molar-refractivity contribution in [2.24, 2.45) is 11.7 Å². The highest BCUT2D eigenvalue weighted by atomic mass is 16.5. The van der Waals surface area contributed by atoms with Gasteiger partial charge < -0.3 is 10.5 Å². The van der Waals surface area contributed by atoms with Crippen molar-refractivity contribution in [1.29, 1.82) is 0 Å². The van der Waals surface area contributed by atoms with Gasteiger partial charge in [-0.25, -0.2) is 0 Å². The molecule has 0 bridgehead atoms. The van der Waals surface area contributed by atoms with Crippen LogP contribution in [-0.4, -0.2) is 42.3 Å². The quantitative estimate of drug-likeness (QED) is 0.802. The van der Waals surface area contributed by atoms with Crippen LogP contribution in [0, 0.1) is 5.92 Å². The largest absolute Gasteiger partial charge is 0.376 e. The smallest absolute Gasteiger partial charge is 0.0674 e. The molecule has 5 unspecified atom stereocenters. The minimum Gasteiger partial charge on any atom is -0.376 e. The van der Waals surface area contributed by atoms with Gasteiger partial charge in [-0.05, 0) is 39.0 Å². The van der Waals surface area contributed by atoms with E-state index >= 15 is 0 Å². The molecule has 1 saturated carbocycles. The number of hydrogen-bond donors (Lipinski definition) is 1.